The zero-order valence-electron chi connectivity index (χ0n) is 20.3. The van der Waals surface area contributed by atoms with Crippen molar-refractivity contribution in [2.24, 2.45) is 7.05 Å². The van der Waals surface area contributed by atoms with Gasteiger partial charge in [-0.05, 0) is 61.4 Å². The number of nitrogens with zero attached hydrogens (tertiary/aromatic N) is 7. The highest BCUT2D eigenvalue weighted by molar-refractivity contribution is 7.89. The predicted octanol–water partition coefficient (Wildman–Crippen LogP) is 2.03. The first-order chi connectivity index (χ1) is 17.1. The second kappa shape index (κ2) is 9.36. The average Bonchev–Trinajstić information content (AvgIpc) is 3.45. The van der Waals surface area contributed by atoms with E-state index in [-0.39, 0.29) is 30.0 Å². The first-order valence-corrected chi connectivity index (χ1v) is 13.1. The highest BCUT2D eigenvalue weighted by atomic mass is 32.2. The van der Waals surface area contributed by atoms with E-state index < -0.39 is 16.1 Å². The Morgan fingerprint density at radius 3 is 2.56 bits per heavy atom. The molecule has 0 unspecified atom stereocenters. The highest BCUT2D eigenvalue weighted by Crippen LogP contribution is 2.33. The van der Waals surface area contributed by atoms with Gasteiger partial charge in [-0.15, -0.1) is 5.10 Å². The van der Waals surface area contributed by atoms with Crippen LogP contribution in [0.15, 0.2) is 53.8 Å². The third-order valence-electron chi connectivity index (χ3n) is 6.52. The van der Waals surface area contributed by atoms with Gasteiger partial charge in [-0.2, -0.15) is 19.3 Å². The fourth-order valence-electron chi connectivity index (χ4n) is 4.79. The number of benzene rings is 2. The monoisotopic (exact) mass is 513 g/mol. The van der Waals surface area contributed by atoms with Crippen LogP contribution in [0.2, 0.25) is 0 Å². The second-order valence-corrected chi connectivity index (χ2v) is 11.1. The molecule has 0 spiro atoms. The van der Waals surface area contributed by atoms with Gasteiger partial charge >= 0.3 is 0 Å². The lowest BCUT2D eigenvalue weighted by molar-refractivity contribution is 0.0623. The summed E-state index contributed by atoms with van der Waals surface area (Å²) >= 11 is 0. The number of sulfonamides is 1. The lowest BCUT2D eigenvalue weighted by Crippen LogP contribution is -2.52. The third kappa shape index (κ3) is 4.52. The Kier molecular flexibility index (Phi) is 6.37. The zero-order chi connectivity index (χ0) is 25.6. The van der Waals surface area contributed by atoms with Gasteiger partial charge in [0.05, 0.1) is 29.7 Å². The number of β-amino-alcohol motifs (C(OH)–C–C–N with tert-alkyl or cyclic N) is 1. The van der Waals surface area contributed by atoms with Gasteiger partial charge in [0.15, 0.2) is 0 Å². The number of piperazine rings is 1. The van der Waals surface area contributed by atoms with Crippen LogP contribution in [0.4, 0.5) is 4.39 Å². The van der Waals surface area contributed by atoms with Crippen molar-refractivity contribution in [2.45, 2.75) is 31.0 Å². The first-order valence-electron chi connectivity index (χ1n) is 11.7. The summed E-state index contributed by atoms with van der Waals surface area (Å²) in [5.41, 5.74) is 3.53. The van der Waals surface area contributed by atoms with Crippen LogP contribution in [-0.2, 0) is 17.1 Å². The molecular formula is C24H28FN7O3S. The molecule has 4 aromatic rings. The van der Waals surface area contributed by atoms with E-state index in [1.165, 1.54) is 27.4 Å². The molecule has 1 fully saturated rings. The van der Waals surface area contributed by atoms with Gasteiger partial charge in [-0.3, -0.25) is 4.90 Å². The van der Waals surface area contributed by atoms with Gasteiger partial charge in [-0.1, -0.05) is 0 Å². The summed E-state index contributed by atoms with van der Waals surface area (Å²) in [6, 6.07) is 9.89. The van der Waals surface area contributed by atoms with Crippen molar-refractivity contribution < 1.29 is 17.9 Å². The molecule has 2 atom stereocenters. The van der Waals surface area contributed by atoms with E-state index in [0.717, 1.165) is 27.7 Å². The minimum absolute atomic E-state index is 0.0829. The van der Waals surface area contributed by atoms with Crippen LogP contribution in [0.25, 0.3) is 16.6 Å². The molecule has 5 rings (SSSR count). The zero-order valence-corrected chi connectivity index (χ0v) is 21.1. The fraction of sp³-hybridized carbons (Fsp3) is 0.375. The summed E-state index contributed by atoms with van der Waals surface area (Å²) < 4.78 is 43.2. The van der Waals surface area contributed by atoms with Crippen molar-refractivity contribution in [3.63, 3.8) is 0 Å². The number of fused-ring (bicyclic) bond motifs is 1. The minimum Gasteiger partial charge on any atom is -0.392 e. The fourth-order valence-corrected chi connectivity index (χ4v) is 6.11. The number of hydrogen-bond donors (Lipinski definition) is 1. The maximum Gasteiger partial charge on any atom is 0.264 e. The summed E-state index contributed by atoms with van der Waals surface area (Å²) in [6.45, 7) is 5.07. The van der Waals surface area contributed by atoms with Gasteiger partial charge in [0.25, 0.3) is 10.0 Å². The van der Waals surface area contributed by atoms with Crippen LogP contribution >= 0.6 is 0 Å². The topological polar surface area (TPSA) is 109 Å². The van der Waals surface area contributed by atoms with Crippen molar-refractivity contribution in [3.8, 4) is 5.69 Å². The molecule has 12 heteroatoms. The van der Waals surface area contributed by atoms with E-state index in [0.29, 0.717) is 13.1 Å². The van der Waals surface area contributed by atoms with Crippen LogP contribution in [0.1, 0.15) is 24.1 Å². The van der Waals surface area contributed by atoms with Gasteiger partial charge in [-0.25, -0.2) is 17.5 Å². The number of aliphatic hydroxyl groups is 1. The van der Waals surface area contributed by atoms with Crippen LogP contribution in [-0.4, -0.2) is 79.8 Å². The van der Waals surface area contributed by atoms with Crippen molar-refractivity contribution in [3.05, 3.63) is 65.7 Å². The van der Waals surface area contributed by atoms with E-state index in [9.17, 15) is 17.9 Å². The maximum absolute atomic E-state index is 13.4. The number of hydrogen-bond acceptors (Lipinski definition) is 7. The van der Waals surface area contributed by atoms with Gasteiger partial charge < -0.3 is 5.11 Å². The lowest BCUT2D eigenvalue weighted by Gasteiger charge is -2.41. The van der Waals surface area contributed by atoms with Crippen LogP contribution in [0, 0.1) is 12.7 Å². The number of aliphatic hydroxyl groups excluding tert-OH is 1. The molecule has 190 valence electrons. The van der Waals surface area contributed by atoms with Gasteiger partial charge in [0.2, 0.25) is 5.03 Å². The maximum atomic E-state index is 13.4. The molecule has 0 radical (unpaired) electrons. The first kappa shape index (κ1) is 24.5. The summed E-state index contributed by atoms with van der Waals surface area (Å²) in [5.74, 6) is -0.315. The molecule has 0 saturated carbocycles. The average molecular weight is 514 g/mol. The van der Waals surface area contributed by atoms with E-state index in [1.54, 1.807) is 37.0 Å². The Labute approximate surface area is 208 Å². The van der Waals surface area contributed by atoms with E-state index >= 15 is 0 Å². The molecule has 0 amide bonds. The number of aromatic nitrogens is 5. The molecule has 1 saturated heterocycles. The van der Waals surface area contributed by atoms with E-state index in [4.69, 9.17) is 0 Å². The molecule has 0 aliphatic carbocycles. The number of rotatable bonds is 6. The Morgan fingerprint density at radius 1 is 1.14 bits per heavy atom. The quantitative estimate of drug-likeness (QED) is 0.420. The van der Waals surface area contributed by atoms with Crippen LogP contribution in [0.5, 0.6) is 0 Å². The molecule has 0 bridgehead atoms. The van der Waals surface area contributed by atoms with Gasteiger partial charge in [0.1, 0.15) is 5.82 Å². The molecule has 1 aliphatic heterocycles. The Hall–Kier alpha value is -3.19. The standard InChI is InChI=1S/C24H28FN7O3S/c1-16-10-22-18(12-27-32(22)20-6-4-19(25)5-7-20)11-21(16)23-15-31(9-8-30(23)14-17(2)33)36(34,35)24-13-26-29(3)28-24/h4-7,10-13,17,23,33H,8-9,14-15H2,1-3H3/t17-,23+/m0/s1. The third-order valence-corrected chi connectivity index (χ3v) is 8.25. The van der Waals surface area contributed by atoms with Crippen molar-refractivity contribution >= 4 is 20.9 Å². The van der Waals surface area contributed by atoms with Crippen LogP contribution < -0.4 is 0 Å². The minimum atomic E-state index is -3.82. The van der Waals surface area contributed by atoms with Crippen molar-refractivity contribution in [1.29, 1.82) is 0 Å². The SMILES string of the molecule is Cc1cc2c(cnn2-c2ccc(F)cc2)cc1[C@H]1CN(S(=O)(=O)c2cnn(C)n2)CCN1C[C@H](C)O. The number of aryl methyl sites for hydroxylation is 2. The largest absolute Gasteiger partial charge is 0.392 e. The molecule has 3 heterocycles. The molecule has 1 N–H and O–H groups in total. The summed E-state index contributed by atoms with van der Waals surface area (Å²) in [5, 5.41) is 23.4. The second-order valence-electron chi connectivity index (χ2n) is 9.20. The number of halogens is 1. The Bertz CT molecular complexity index is 1500. The van der Waals surface area contributed by atoms with Crippen molar-refractivity contribution in [2.75, 3.05) is 26.2 Å². The molecule has 2 aromatic heterocycles. The molecule has 1 aliphatic rings. The summed E-state index contributed by atoms with van der Waals surface area (Å²) in [6.07, 6.45) is 2.44. The van der Waals surface area contributed by atoms with Crippen LogP contribution in [0.3, 0.4) is 0 Å². The lowest BCUT2D eigenvalue weighted by atomic mass is 9.96. The molecule has 36 heavy (non-hydrogen) atoms. The van der Waals surface area contributed by atoms with Gasteiger partial charge in [0, 0.05) is 44.7 Å². The van der Waals surface area contributed by atoms with Crippen molar-refractivity contribution in [1.82, 2.24) is 34.0 Å². The van der Waals surface area contributed by atoms with E-state index in [1.807, 2.05) is 19.1 Å². The van der Waals surface area contributed by atoms with E-state index in [2.05, 4.69) is 20.2 Å². The smallest absolute Gasteiger partial charge is 0.264 e. The normalized spacial score (nSPS) is 18.6. The highest BCUT2D eigenvalue weighted by Gasteiger charge is 2.37. The summed E-state index contributed by atoms with van der Waals surface area (Å²) in [4.78, 5) is 3.34. The molecule has 10 nitrogen and oxygen atoms in total. The Morgan fingerprint density at radius 2 is 1.89 bits per heavy atom. The molecular weight excluding hydrogens is 485 g/mol. The molecule has 2 aromatic carbocycles. The predicted molar refractivity (Wildman–Crippen MR) is 132 cm³/mol. The summed E-state index contributed by atoms with van der Waals surface area (Å²) in [7, 11) is -2.25. The Balaban J connectivity index is 1.53.